The van der Waals surface area contributed by atoms with E-state index >= 15 is 0 Å². The molecular formula is C64H51NO. The first-order valence-corrected chi connectivity index (χ1v) is 23.5. The maximum absolute atomic E-state index is 7.00. The average Bonchev–Trinajstić information content (AvgIpc) is 3.92. The van der Waals surface area contributed by atoms with E-state index in [0.29, 0.717) is 0 Å². The van der Waals surface area contributed by atoms with Gasteiger partial charge in [-0.25, -0.2) is 0 Å². The molecule has 0 aromatic heterocycles. The third-order valence-corrected chi connectivity index (χ3v) is 15.3. The minimum Gasteiger partial charge on any atom is -0.457 e. The molecule has 9 aromatic rings. The lowest BCUT2D eigenvalue weighted by molar-refractivity contribution is 0.433. The van der Waals surface area contributed by atoms with E-state index in [9.17, 15) is 0 Å². The second-order valence-electron chi connectivity index (χ2n) is 20.8. The number of fused-ring (bicyclic) bond motifs is 19. The van der Waals surface area contributed by atoms with Gasteiger partial charge in [0.1, 0.15) is 11.5 Å². The van der Waals surface area contributed by atoms with Crippen molar-refractivity contribution in [3.63, 3.8) is 0 Å². The van der Waals surface area contributed by atoms with Crippen LogP contribution in [0.4, 0.5) is 17.1 Å². The van der Waals surface area contributed by atoms with E-state index in [-0.39, 0.29) is 10.8 Å². The van der Waals surface area contributed by atoms with Gasteiger partial charge >= 0.3 is 0 Å². The Bertz CT molecular complexity index is 3360. The molecule has 0 N–H and O–H groups in total. The molecular weight excluding hydrogens is 799 g/mol. The number of anilines is 3. The third kappa shape index (κ3) is 5.08. The molecule has 318 valence electrons. The summed E-state index contributed by atoms with van der Waals surface area (Å²) < 4.78 is 7.00. The van der Waals surface area contributed by atoms with Crippen LogP contribution in [0, 0.1) is 0 Å². The molecule has 66 heavy (non-hydrogen) atoms. The molecule has 2 heteroatoms. The number of nitrogens with zero attached hydrogens (tertiary/aromatic N) is 1. The highest BCUT2D eigenvalue weighted by atomic mass is 16.5. The van der Waals surface area contributed by atoms with Gasteiger partial charge in [0.15, 0.2) is 0 Å². The van der Waals surface area contributed by atoms with E-state index in [1.165, 1.54) is 89.0 Å². The summed E-state index contributed by atoms with van der Waals surface area (Å²) in [7, 11) is 0. The summed E-state index contributed by atoms with van der Waals surface area (Å²) in [4.78, 5) is 2.52. The van der Waals surface area contributed by atoms with E-state index in [4.69, 9.17) is 4.74 Å². The summed E-state index contributed by atoms with van der Waals surface area (Å²) in [5, 5.41) is 0. The second-order valence-corrected chi connectivity index (χ2v) is 20.8. The number of benzene rings is 9. The number of hydrogen-bond donors (Lipinski definition) is 0. The molecule has 0 bridgehead atoms. The Kier molecular flexibility index (Phi) is 8.01. The van der Waals surface area contributed by atoms with Crippen LogP contribution in [0.1, 0.15) is 97.2 Å². The summed E-state index contributed by atoms with van der Waals surface area (Å²) in [5.74, 6) is 1.82. The van der Waals surface area contributed by atoms with Crippen molar-refractivity contribution < 1.29 is 4.74 Å². The lowest BCUT2D eigenvalue weighted by atomic mass is 9.64. The number of para-hydroxylation sites is 1. The Labute approximate surface area is 388 Å². The van der Waals surface area contributed by atoms with E-state index in [1.807, 2.05) is 0 Å². The zero-order valence-corrected chi connectivity index (χ0v) is 38.4. The predicted molar refractivity (Wildman–Crippen MR) is 272 cm³/mol. The third-order valence-electron chi connectivity index (χ3n) is 15.3. The molecule has 1 heterocycles. The van der Waals surface area contributed by atoms with Crippen LogP contribution in [0.3, 0.4) is 0 Å². The van der Waals surface area contributed by atoms with Crippen LogP contribution in [0.25, 0.3) is 33.4 Å². The van der Waals surface area contributed by atoms with Gasteiger partial charge in [0, 0.05) is 28.1 Å². The predicted octanol–water partition coefficient (Wildman–Crippen LogP) is 16.6. The van der Waals surface area contributed by atoms with E-state index < -0.39 is 10.8 Å². The first-order chi connectivity index (χ1) is 32.0. The van der Waals surface area contributed by atoms with Crippen LogP contribution >= 0.6 is 0 Å². The molecule has 0 fully saturated rings. The molecule has 0 radical (unpaired) electrons. The SMILES string of the molecule is CC(C)(C)c1ccc2c(c1)C1(c3cc(C(C)(C)C)ccc3O2)c2ccccc2-c2c(N(c3ccccc3)c3ccc4c(c3)C3(c5ccccc5-c5ccccc53)c3ccccc3-4)cccc21. The minimum absolute atomic E-state index is 0.0679. The molecule has 4 aliphatic rings. The van der Waals surface area contributed by atoms with Gasteiger partial charge in [-0.15, -0.1) is 0 Å². The lowest BCUT2D eigenvalue weighted by Crippen LogP contribution is -2.33. The molecule has 2 spiro atoms. The molecule has 1 aliphatic heterocycles. The van der Waals surface area contributed by atoms with Crippen molar-refractivity contribution in [3.8, 4) is 44.9 Å². The van der Waals surface area contributed by atoms with Crippen molar-refractivity contribution in [2.45, 2.75) is 63.2 Å². The number of ether oxygens (including phenoxy) is 1. The Hall–Kier alpha value is -7.42. The highest BCUT2D eigenvalue weighted by Crippen LogP contribution is 2.66. The Morgan fingerprint density at radius 3 is 1.30 bits per heavy atom. The van der Waals surface area contributed by atoms with Crippen molar-refractivity contribution in [1.82, 2.24) is 0 Å². The van der Waals surface area contributed by atoms with Gasteiger partial charge in [-0.05, 0) is 138 Å². The van der Waals surface area contributed by atoms with Crippen LogP contribution in [0.5, 0.6) is 11.5 Å². The van der Waals surface area contributed by atoms with E-state index in [1.54, 1.807) is 0 Å². The standard InChI is InChI=1S/C64H51NO/c1-61(2,3)40-31-35-58-55(37-40)64(56-38-41(62(4,5)6)32-36-59(56)66-58)52-28-17-13-24-48(52)60-53(64)29-18-30-57(60)65(42-19-8-7-9-20-42)43-33-34-47-46-23-12-16-27-51(46)63(54(47)39-43)49-25-14-10-21-44(49)45-22-11-15-26-50(45)63/h7-39H,1-6H3. The van der Waals surface area contributed by atoms with Crippen molar-refractivity contribution in [2.24, 2.45) is 0 Å². The topological polar surface area (TPSA) is 12.5 Å². The lowest BCUT2D eigenvalue weighted by Gasteiger charge is -2.41. The zero-order chi connectivity index (χ0) is 44.7. The molecule has 9 aromatic carbocycles. The summed E-state index contributed by atoms with van der Waals surface area (Å²) in [6, 6.07) is 75.6. The summed E-state index contributed by atoms with van der Waals surface area (Å²) in [5.41, 5.74) is 22.7. The molecule has 0 saturated heterocycles. The molecule has 0 atom stereocenters. The van der Waals surface area contributed by atoms with Crippen molar-refractivity contribution >= 4 is 17.1 Å². The van der Waals surface area contributed by atoms with Crippen LogP contribution < -0.4 is 9.64 Å². The highest BCUT2D eigenvalue weighted by molar-refractivity contribution is 6.00. The quantitative estimate of drug-likeness (QED) is 0.176. The number of rotatable bonds is 3. The zero-order valence-electron chi connectivity index (χ0n) is 38.4. The summed E-state index contributed by atoms with van der Waals surface area (Å²) in [6.07, 6.45) is 0. The van der Waals surface area contributed by atoms with Gasteiger partial charge in [-0.2, -0.15) is 0 Å². The van der Waals surface area contributed by atoms with E-state index in [0.717, 1.165) is 28.6 Å². The second kappa shape index (κ2) is 13.6. The van der Waals surface area contributed by atoms with Crippen molar-refractivity contribution in [2.75, 3.05) is 4.90 Å². The van der Waals surface area contributed by atoms with Gasteiger partial charge < -0.3 is 9.64 Å². The maximum Gasteiger partial charge on any atom is 0.132 e. The summed E-state index contributed by atoms with van der Waals surface area (Å²) in [6.45, 7) is 13.9. The Balaban J connectivity index is 1.11. The van der Waals surface area contributed by atoms with Crippen LogP contribution in [0.2, 0.25) is 0 Å². The van der Waals surface area contributed by atoms with Gasteiger partial charge in [0.25, 0.3) is 0 Å². The molecule has 0 unspecified atom stereocenters. The minimum atomic E-state index is -0.642. The van der Waals surface area contributed by atoms with Gasteiger partial charge in [-0.1, -0.05) is 187 Å². The average molecular weight is 850 g/mol. The Morgan fingerprint density at radius 1 is 0.333 bits per heavy atom. The maximum atomic E-state index is 7.00. The molecule has 13 rings (SSSR count). The van der Waals surface area contributed by atoms with Gasteiger partial charge in [-0.3, -0.25) is 0 Å². The monoisotopic (exact) mass is 849 g/mol. The molecule has 0 amide bonds. The van der Waals surface area contributed by atoms with Crippen LogP contribution in [-0.2, 0) is 21.7 Å². The van der Waals surface area contributed by atoms with E-state index in [2.05, 4.69) is 247 Å². The highest BCUT2D eigenvalue weighted by Gasteiger charge is 2.54. The first-order valence-electron chi connectivity index (χ1n) is 23.5. The van der Waals surface area contributed by atoms with Crippen molar-refractivity contribution in [1.29, 1.82) is 0 Å². The van der Waals surface area contributed by atoms with Gasteiger partial charge in [0.05, 0.1) is 16.5 Å². The normalized spacial score (nSPS) is 14.9. The molecule has 0 saturated carbocycles. The largest absolute Gasteiger partial charge is 0.457 e. The Morgan fingerprint density at radius 2 is 0.773 bits per heavy atom. The fourth-order valence-corrected chi connectivity index (χ4v) is 12.3. The van der Waals surface area contributed by atoms with Crippen LogP contribution in [-0.4, -0.2) is 0 Å². The fourth-order valence-electron chi connectivity index (χ4n) is 12.3. The molecule has 2 nitrogen and oxygen atoms in total. The fraction of sp³-hybridized carbons (Fsp3) is 0.156. The number of hydrogen-bond acceptors (Lipinski definition) is 2. The van der Waals surface area contributed by atoms with Gasteiger partial charge in [0.2, 0.25) is 0 Å². The first kappa shape index (κ1) is 39.0. The van der Waals surface area contributed by atoms with Crippen LogP contribution in [0.15, 0.2) is 200 Å². The molecule has 3 aliphatic carbocycles. The van der Waals surface area contributed by atoms with Crippen molar-refractivity contribution in [3.05, 3.63) is 256 Å². The summed E-state index contributed by atoms with van der Waals surface area (Å²) >= 11 is 0. The smallest absolute Gasteiger partial charge is 0.132 e.